The maximum absolute atomic E-state index is 8.10. The van der Waals surface area contributed by atoms with Gasteiger partial charge < -0.3 is 0 Å². The van der Waals surface area contributed by atoms with Crippen molar-refractivity contribution in [1.29, 1.82) is 0 Å². The number of fused-ring (bicyclic) bond motifs is 14. The van der Waals surface area contributed by atoms with E-state index in [0.717, 1.165) is 22.3 Å². The Balaban J connectivity index is 0.000000129. The predicted octanol–water partition coefficient (Wildman–Crippen LogP) is 16.1. The van der Waals surface area contributed by atoms with Crippen LogP contribution in [0.25, 0.3) is 24.3 Å². The molecule has 0 saturated carbocycles. The standard InChI is InChI=1S/2C30H20Cl2/c2*31-28-22-12-4-8-16-26(22)30(32)25-15-7-3-11-21(25)27(28)29(30)23-13-5-1-9-19(23)17-18-20-10-2-6-14-24(20)29/h2*1-18,27-28H/t2*27-,28-,30-/m00/s1. The van der Waals surface area contributed by atoms with Gasteiger partial charge in [-0.05, 0) is 89.0 Å². The van der Waals surface area contributed by atoms with Gasteiger partial charge in [0.05, 0.1) is 21.6 Å². The summed E-state index contributed by atoms with van der Waals surface area (Å²) < 4.78 is 0. The Hall–Kier alpha value is -5.60. The molecule has 0 unspecified atom stereocenters. The number of rotatable bonds is 0. The number of benzene rings is 8. The number of alkyl halides is 4. The van der Waals surface area contributed by atoms with Crippen molar-refractivity contribution in [2.75, 3.05) is 0 Å². The molecule has 308 valence electrons. The fraction of sp³-hybridized carbons (Fsp3) is 0.133. The Morgan fingerprint density at radius 3 is 0.781 bits per heavy atom. The highest BCUT2D eigenvalue weighted by Gasteiger charge is 2.72. The first kappa shape index (κ1) is 38.8. The molecule has 0 nitrogen and oxygen atoms in total. The van der Waals surface area contributed by atoms with Crippen LogP contribution >= 0.6 is 46.4 Å². The summed E-state index contributed by atoms with van der Waals surface area (Å²) in [6, 6.07) is 69.2. The molecule has 0 N–H and O–H groups in total. The maximum Gasteiger partial charge on any atom is 0.109 e. The zero-order chi connectivity index (χ0) is 43.0. The minimum Gasteiger partial charge on any atom is -0.117 e. The van der Waals surface area contributed by atoms with Crippen LogP contribution in [-0.2, 0) is 20.6 Å². The fourth-order valence-corrected chi connectivity index (χ4v) is 15.8. The summed E-state index contributed by atoms with van der Waals surface area (Å²) in [6.45, 7) is 0. The van der Waals surface area contributed by atoms with Crippen LogP contribution in [-0.4, -0.2) is 0 Å². The van der Waals surface area contributed by atoms with E-state index in [0.29, 0.717) is 0 Å². The van der Waals surface area contributed by atoms with Gasteiger partial charge in [-0.15, -0.1) is 46.4 Å². The highest BCUT2D eigenvalue weighted by atomic mass is 35.5. The molecule has 4 bridgehead atoms. The van der Waals surface area contributed by atoms with E-state index in [1.165, 1.54) is 66.8 Å². The van der Waals surface area contributed by atoms with E-state index in [1.54, 1.807) is 0 Å². The first-order valence-corrected chi connectivity index (χ1v) is 23.8. The van der Waals surface area contributed by atoms with E-state index >= 15 is 0 Å². The van der Waals surface area contributed by atoms with Crippen molar-refractivity contribution >= 4 is 70.7 Å². The highest BCUT2D eigenvalue weighted by molar-refractivity contribution is 6.31. The third kappa shape index (κ3) is 4.58. The van der Waals surface area contributed by atoms with Gasteiger partial charge in [0.15, 0.2) is 0 Å². The zero-order valence-corrected chi connectivity index (χ0v) is 37.6. The van der Waals surface area contributed by atoms with Crippen LogP contribution in [0.5, 0.6) is 0 Å². The average molecular weight is 903 g/mol. The second-order valence-corrected chi connectivity index (χ2v) is 20.1. The van der Waals surface area contributed by atoms with Gasteiger partial charge in [-0.2, -0.15) is 0 Å². The normalized spacial score (nSPS) is 25.4. The molecule has 0 heterocycles. The van der Waals surface area contributed by atoms with Crippen molar-refractivity contribution in [3.8, 4) is 0 Å². The van der Waals surface area contributed by atoms with Crippen molar-refractivity contribution in [2.45, 2.75) is 43.2 Å². The van der Waals surface area contributed by atoms with Crippen LogP contribution in [0, 0.1) is 0 Å². The fourth-order valence-electron chi connectivity index (χ4n) is 13.5. The third-order valence-electron chi connectivity index (χ3n) is 15.6. The van der Waals surface area contributed by atoms with Crippen LogP contribution in [0.1, 0.15) is 112 Å². The average Bonchev–Trinajstić information content (AvgIpc) is 3.48. The Bertz CT molecular complexity index is 2990. The van der Waals surface area contributed by atoms with Gasteiger partial charge in [0.25, 0.3) is 0 Å². The highest BCUT2D eigenvalue weighted by Crippen LogP contribution is 2.77. The van der Waals surface area contributed by atoms with Crippen LogP contribution in [0.4, 0.5) is 0 Å². The molecule has 4 heteroatoms. The van der Waals surface area contributed by atoms with Crippen molar-refractivity contribution in [2.24, 2.45) is 0 Å². The Kier molecular flexibility index (Phi) is 8.46. The van der Waals surface area contributed by atoms with Gasteiger partial charge in [-0.1, -0.05) is 218 Å². The minimum atomic E-state index is -0.769. The molecule has 0 fully saturated rings. The molecule has 0 saturated heterocycles. The first-order chi connectivity index (χ1) is 31.4. The van der Waals surface area contributed by atoms with E-state index < -0.39 is 20.6 Å². The Labute approximate surface area is 394 Å². The van der Waals surface area contributed by atoms with E-state index in [2.05, 4.69) is 218 Å². The van der Waals surface area contributed by atoms with Crippen molar-refractivity contribution in [1.82, 2.24) is 0 Å². The summed E-state index contributed by atoms with van der Waals surface area (Å²) in [7, 11) is 0. The van der Waals surface area contributed by atoms with Crippen molar-refractivity contribution in [3.63, 3.8) is 0 Å². The smallest absolute Gasteiger partial charge is 0.109 e. The second kappa shape index (κ2) is 14.0. The van der Waals surface area contributed by atoms with Gasteiger partial charge in [0.2, 0.25) is 0 Å². The van der Waals surface area contributed by atoms with Crippen LogP contribution in [0.3, 0.4) is 0 Å². The first-order valence-electron chi connectivity index (χ1n) is 22.2. The van der Waals surface area contributed by atoms with Gasteiger partial charge in [0.1, 0.15) is 9.75 Å². The molecule has 2 spiro atoms. The summed E-state index contributed by atoms with van der Waals surface area (Å²) in [5.74, 6) is 0.0185. The number of hydrogen-bond acceptors (Lipinski definition) is 0. The Morgan fingerprint density at radius 1 is 0.266 bits per heavy atom. The summed E-state index contributed by atoms with van der Waals surface area (Å²) in [5.41, 5.74) is 18.1. The summed E-state index contributed by atoms with van der Waals surface area (Å²) in [4.78, 5) is -1.54. The quantitative estimate of drug-likeness (QED) is 0.133. The van der Waals surface area contributed by atoms with E-state index in [4.69, 9.17) is 46.4 Å². The second-order valence-electron chi connectivity index (χ2n) is 18.1. The third-order valence-corrected chi connectivity index (χ3v) is 18.0. The largest absolute Gasteiger partial charge is 0.117 e. The van der Waals surface area contributed by atoms with Crippen LogP contribution in [0.15, 0.2) is 194 Å². The van der Waals surface area contributed by atoms with Gasteiger partial charge in [-0.3, -0.25) is 0 Å². The molecule has 6 aliphatic carbocycles. The van der Waals surface area contributed by atoms with Crippen LogP contribution in [0.2, 0.25) is 0 Å². The van der Waals surface area contributed by atoms with Crippen molar-refractivity contribution in [3.05, 3.63) is 283 Å². The molecule has 0 radical (unpaired) electrons. The molecule has 14 rings (SSSR count). The molecule has 6 atom stereocenters. The number of halogens is 4. The van der Waals surface area contributed by atoms with Gasteiger partial charge >= 0.3 is 0 Å². The van der Waals surface area contributed by atoms with Gasteiger partial charge in [0, 0.05) is 11.8 Å². The SMILES string of the molecule is Cl[C@H]1c2ccccc2[C@@]2(Cl)c3ccccc3[C@@H]1C21c2ccccc2C=Cc2ccccc21.Cl[C@H]1c2ccccc2[C@@]2(Cl)c3ccccc3[C@@H]1C21c2ccccc2C=Cc2ccccc21. The monoisotopic (exact) mass is 900 g/mol. The van der Waals surface area contributed by atoms with E-state index in [1.807, 2.05) is 0 Å². The summed E-state index contributed by atoms with van der Waals surface area (Å²) >= 11 is 31.1. The molecule has 8 aromatic rings. The predicted molar refractivity (Wildman–Crippen MR) is 267 cm³/mol. The lowest BCUT2D eigenvalue weighted by Crippen LogP contribution is -2.51. The summed E-state index contributed by atoms with van der Waals surface area (Å²) in [5, 5.41) is -0.387. The lowest BCUT2D eigenvalue weighted by atomic mass is 9.54. The molecular weight excluding hydrogens is 862 g/mol. The maximum atomic E-state index is 8.10. The van der Waals surface area contributed by atoms with Crippen molar-refractivity contribution < 1.29 is 0 Å². The molecule has 64 heavy (non-hydrogen) atoms. The molecule has 0 amide bonds. The summed E-state index contributed by atoms with van der Waals surface area (Å²) in [6.07, 6.45) is 8.93. The lowest BCUT2D eigenvalue weighted by Gasteiger charge is -2.53. The van der Waals surface area contributed by atoms with E-state index in [-0.39, 0.29) is 22.6 Å². The van der Waals surface area contributed by atoms with Crippen LogP contribution < -0.4 is 0 Å². The zero-order valence-electron chi connectivity index (χ0n) is 34.6. The van der Waals surface area contributed by atoms with Gasteiger partial charge in [-0.25, -0.2) is 0 Å². The molecule has 6 aliphatic rings. The minimum absolute atomic E-state index is 0.00923. The molecule has 0 aliphatic heterocycles. The topological polar surface area (TPSA) is 0 Å². The molecular formula is C60H40Cl4. The molecule has 8 aromatic carbocycles. The molecule has 0 aromatic heterocycles. The van der Waals surface area contributed by atoms with E-state index in [9.17, 15) is 0 Å². The Morgan fingerprint density at radius 2 is 0.484 bits per heavy atom. The number of hydrogen-bond donors (Lipinski definition) is 0. The lowest BCUT2D eigenvalue weighted by molar-refractivity contribution is 0.339.